The Kier molecular flexibility index (Phi) is 10.8. The minimum atomic E-state index is -0.873. The number of cyclic esters (lactones) is 1. The third-order valence-corrected chi connectivity index (χ3v) is 12.1. The second-order valence-electron chi connectivity index (χ2n) is 16.6. The molecule has 2 aromatic heterocycles. The maximum Gasteiger partial charge on any atom is 0.324 e. The van der Waals surface area contributed by atoms with Crippen molar-refractivity contribution < 1.29 is 29.0 Å². The molecule has 3 aliphatic heterocycles. The van der Waals surface area contributed by atoms with Crippen molar-refractivity contribution in [1.82, 2.24) is 30.2 Å². The van der Waals surface area contributed by atoms with E-state index >= 15 is 0 Å². The number of aliphatic hydroxyl groups is 1. The number of carbonyl (C=O) groups excluding carboxylic acids is 3. The van der Waals surface area contributed by atoms with E-state index in [0.29, 0.717) is 38.9 Å². The number of hydrogen-bond donors (Lipinski definition) is 3. The minimum absolute atomic E-state index is 0.134. The van der Waals surface area contributed by atoms with Crippen molar-refractivity contribution in [2.24, 2.45) is 23.2 Å². The smallest absolute Gasteiger partial charge is 0.324 e. The zero-order valence-electron chi connectivity index (χ0n) is 32.7. The summed E-state index contributed by atoms with van der Waals surface area (Å²) in [6.45, 7) is 14.8. The molecule has 3 aromatic rings. The predicted octanol–water partition coefficient (Wildman–Crippen LogP) is 4.50. The Labute approximate surface area is 318 Å². The number of benzene rings is 1. The van der Waals surface area contributed by atoms with Crippen LogP contribution in [0.5, 0.6) is 0 Å². The Morgan fingerprint density at radius 1 is 1.19 bits per heavy atom. The Hall–Kier alpha value is -4.10. The number of methoxy groups -OCH3 is 1. The summed E-state index contributed by atoms with van der Waals surface area (Å²) in [6.07, 6.45) is 4.46. The van der Waals surface area contributed by atoms with Crippen molar-refractivity contribution in [2.75, 3.05) is 39.9 Å². The predicted molar refractivity (Wildman–Crippen MR) is 207 cm³/mol. The van der Waals surface area contributed by atoms with Gasteiger partial charge in [0, 0.05) is 73.8 Å². The highest BCUT2D eigenvalue weighted by Crippen LogP contribution is 2.45. The molecular formula is C42H56N6O6. The van der Waals surface area contributed by atoms with E-state index in [1.54, 1.807) is 13.3 Å². The Morgan fingerprint density at radius 3 is 2.69 bits per heavy atom. The molecule has 0 spiro atoms. The molecule has 3 unspecified atom stereocenters. The fraction of sp³-hybridized carbons (Fsp3) is 0.571. The fourth-order valence-corrected chi connectivity index (χ4v) is 8.78. The number of esters is 1. The number of hydrazine groups is 1. The van der Waals surface area contributed by atoms with Crippen LogP contribution >= 0.6 is 0 Å². The molecule has 2 fully saturated rings. The molecule has 8 atom stereocenters. The van der Waals surface area contributed by atoms with Crippen molar-refractivity contribution in [2.45, 2.75) is 91.6 Å². The number of carbonyl (C=O) groups is 3. The number of aryl methyl sites for hydroxylation is 1. The van der Waals surface area contributed by atoms with Crippen LogP contribution < -0.4 is 10.7 Å². The number of amides is 2. The second kappa shape index (κ2) is 15.2. The van der Waals surface area contributed by atoms with E-state index in [2.05, 4.69) is 74.2 Å². The van der Waals surface area contributed by atoms with E-state index in [1.807, 2.05) is 24.0 Å². The lowest BCUT2D eigenvalue weighted by Crippen LogP contribution is -2.62. The number of aliphatic hydroxyl groups excluding tert-OH is 1. The van der Waals surface area contributed by atoms with E-state index in [4.69, 9.17) is 14.5 Å². The normalized spacial score (nSPS) is 29.2. The highest BCUT2D eigenvalue weighted by Gasteiger charge is 2.49. The van der Waals surface area contributed by atoms with Crippen LogP contribution in [0.1, 0.15) is 77.3 Å². The van der Waals surface area contributed by atoms with Crippen molar-refractivity contribution in [3.8, 4) is 11.3 Å². The van der Waals surface area contributed by atoms with E-state index in [9.17, 15) is 19.5 Å². The molecule has 1 saturated carbocycles. The van der Waals surface area contributed by atoms with E-state index in [0.717, 1.165) is 51.1 Å². The van der Waals surface area contributed by atoms with Crippen molar-refractivity contribution >= 4 is 34.3 Å². The Morgan fingerprint density at radius 2 is 1.96 bits per heavy atom. The van der Waals surface area contributed by atoms with Gasteiger partial charge in [0.25, 0.3) is 5.91 Å². The van der Waals surface area contributed by atoms with Gasteiger partial charge in [-0.25, -0.2) is 5.43 Å². The average molecular weight is 741 g/mol. The van der Waals surface area contributed by atoms with Crippen molar-refractivity contribution in [3.05, 3.63) is 59.4 Å². The maximum atomic E-state index is 14.2. The molecule has 12 heteroatoms. The van der Waals surface area contributed by atoms with E-state index in [-0.39, 0.29) is 48.8 Å². The van der Waals surface area contributed by atoms with Crippen LogP contribution in [-0.2, 0) is 36.8 Å². The molecule has 4 aliphatic rings. The number of fused-ring (bicyclic) bond motifs is 6. The fourth-order valence-electron chi connectivity index (χ4n) is 8.78. The summed E-state index contributed by atoms with van der Waals surface area (Å²) in [5.41, 5.74) is 9.72. The van der Waals surface area contributed by atoms with Gasteiger partial charge in [-0.2, -0.15) is 0 Å². The SMILES string of the molecule is CCn1c(-c2cccnc2[C@H](C)OC)c2c3cc(ccc31)C1=C[C@H](O)CN(C1)C[C@H](NC(=O)C1C(C)[C@@H]1C)C(=O)N1CCC[C@H](N1)C(=O)OCC(C)(C)C2. The number of rotatable bonds is 6. The molecule has 0 radical (unpaired) electrons. The summed E-state index contributed by atoms with van der Waals surface area (Å²) >= 11 is 0. The lowest BCUT2D eigenvalue weighted by atomic mass is 9.84. The molecule has 12 nitrogen and oxygen atoms in total. The number of aromatic nitrogens is 2. The zero-order valence-corrected chi connectivity index (χ0v) is 32.7. The summed E-state index contributed by atoms with van der Waals surface area (Å²) in [4.78, 5) is 48.2. The number of ether oxygens (including phenoxy) is 2. The lowest BCUT2D eigenvalue weighted by molar-refractivity contribution is -0.155. The monoisotopic (exact) mass is 740 g/mol. The number of nitrogens with one attached hydrogen (secondary N) is 2. The molecule has 3 N–H and O–H groups in total. The molecule has 7 rings (SSSR count). The van der Waals surface area contributed by atoms with Crippen LogP contribution in [0.3, 0.4) is 0 Å². The quantitative estimate of drug-likeness (QED) is 0.312. The zero-order chi connectivity index (χ0) is 38.5. The first-order valence-electron chi connectivity index (χ1n) is 19.6. The van der Waals surface area contributed by atoms with Crippen LogP contribution in [0, 0.1) is 23.2 Å². The molecule has 1 saturated heterocycles. The minimum Gasteiger partial charge on any atom is -0.464 e. The van der Waals surface area contributed by atoms with Gasteiger partial charge in [0.05, 0.1) is 30.2 Å². The Bertz CT molecular complexity index is 1950. The highest BCUT2D eigenvalue weighted by atomic mass is 16.5. The summed E-state index contributed by atoms with van der Waals surface area (Å²) in [6, 6.07) is 8.96. The summed E-state index contributed by atoms with van der Waals surface area (Å²) in [5.74, 6) is -0.485. The van der Waals surface area contributed by atoms with Crippen molar-refractivity contribution in [1.29, 1.82) is 0 Å². The first-order valence-corrected chi connectivity index (χ1v) is 19.6. The average Bonchev–Trinajstić information content (AvgIpc) is 3.65. The summed E-state index contributed by atoms with van der Waals surface area (Å²) < 4.78 is 14.2. The molecular weight excluding hydrogens is 684 g/mol. The van der Waals surface area contributed by atoms with Gasteiger partial charge in [-0.05, 0) is 92.0 Å². The van der Waals surface area contributed by atoms with Gasteiger partial charge in [-0.15, -0.1) is 0 Å². The number of nitrogens with zero attached hydrogens (tertiary/aromatic N) is 4. The van der Waals surface area contributed by atoms with E-state index < -0.39 is 29.6 Å². The lowest BCUT2D eigenvalue weighted by Gasteiger charge is -2.38. The standard InChI is InChI=1S/C42H56N6O6/c1-8-47-35-14-13-27-18-31(35)32(38(47)30-11-9-15-43-37(30)26(4)53-7)19-42(5,6)23-54-41(52)33-12-10-16-48(45-33)40(51)34(44-39(50)36-24(2)25(36)3)22-46-20-28(27)17-29(49)21-46/h9,11,13-15,17-18,24-26,29,33-34,36,45,49H,8,10,12,16,19-23H2,1-7H3,(H,44,50)/t24-,25?,26-,29-,33-,34-,36?/m0/s1. The molecule has 54 heavy (non-hydrogen) atoms. The van der Waals surface area contributed by atoms with Crippen LogP contribution in [0.15, 0.2) is 42.6 Å². The topological polar surface area (TPSA) is 138 Å². The van der Waals surface area contributed by atoms with Gasteiger partial charge in [0.2, 0.25) is 5.91 Å². The summed E-state index contributed by atoms with van der Waals surface area (Å²) in [7, 11) is 1.69. The molecule has 1 aliphatic carbocycles. The van der Waals surface area contributed by atoms with Gasteiger partial charge in [-0.3, -0.25) is 29.3 Å². The largest absolute Gasteiger partial charge is 0.464 e. The highest BCUT2D eigenvalue weighted by molar-refractivity contribution is 5.95. The number of hydrogen-bond acceptors (Lipinski definition) is 9. The van der Waals surface area contributed by atoms with Gasteiger partial charge >= 0.3 is 5.97 Å². The molecule has 1 aromatic carbocycles. The third kappa shape index (κ3) is 7.45. The van der Waals surface area contributed by atoms with Crippen LogP contribution in [0.4, 0.5) is 0 Å². The van der Waals surface area contributed by atoms with Crippen molar-refractivity contribution in [3.63, 3.8) is 0 Å². The molecule has 6 bridgehead atoms. The molecule has 290 valence electrons. The molecule has 5 heterocycles. The van der Waals surface area contributed by atoms with Crippen LogP contribution in [0.2, 0.25) is 0 Å². The van der Waals surface area contributed by atoms with Crippen LogP contribution in [0.25, 0.3) is 27.7 Å². The maximum absolute atomic E-state index is 14.2. The van der Waals surface area contributed by atoms with Gasteiger partial charge in [0.15, 0.2) is 0 Å². The van der Waals surface area contributed by atoms with Gasteiger partial charge in [0.1, 0.15) is 12.1 Å². The van der Waals surface area contributed by atoms with Crippen LogP contribution in [-0.4, -0.2) is 100 Å². The first kappa shape index (κ1) is 38.2. The molecule has 2 amide bonds. The van der Waals surface area contributed by atoms with E-state index in [1.165, 1.54) is 5.01 Å². The first-order chi connectivity index (χ1) is 25.8. The number of pyridine rings is 1. The summed E-state index contributed by atoms with van der Waals surface area (Å²) in [5, 5.41) is 16.9. The van der Waals surface area contributed by atoms with Gasteiger partial charge in [-0.1, -0.05) is 33.8 Å². The third-order valence-electron chi connectivity index (χ3n) is 12.1. The van der Waals surface area contributed by atoms with Gasteiger partial charge < -0.3 is 24.5 Å². The Balaban J connectivity index is 1.34. The second-order valence-corrected chi connectivity index (χ2v) is 16.6.